The average Bonchev–Trinajstić information content (AvgIpc) is 3.27. The minimum absolute atomic E-state index is 0.0589. The molecule has 0 fully saturated rings. The second kappa shape index (κ2) is 8.87. The molecule has 0 bridgehead atoms. The highest BCUT2D eigenvalue weighted by molar-refractivity contribution is 8.27. The number of hydrogen-bond acceptors (Lipinski definition) is 7. The van der Waals surface area contributed by atoms with Gasteiger partial charge in [0.15, 0.2) is 5.84 Å². The second-order valence-corrected chi connectivity index (χ2v) is 8.45. The molecule has 166 valence electrons. The Morgan fingerprint density at radius 3 is 2.68 bits per heavy atom. The molecule has 3 aromatic rings. The fourth-order valence-electron chi connectivity index (χ4n) is 3.33. The van der Waals surface area contributed by atoms with Crippen molar-refractivity contribution in [2.75, 3.05) is 0 Å². The van der Waals surface area contributed by atoms with Gasteiger partial charge in [0.05, 0.1) is 11.1 Å². The van der Waals surface area contributed by atoms with Crippen molar-refractivity contribution in [3.63, 3.8) is 0 Å². The average molecular weight is 468 g/mol. The maximum absolute atomic E-state index is 12.6. The van der Waals surface area contributed by atoms with Crippen LogP contribution in [0.4, 0.5) is 0 Å². The smallest absolute Gasteiger partial charge is 0.343 e. The first-order chi connectivity index (χ1) is 16.5. The number of amidine groups is 2. The highest BCUT2D eigenvalue weighted by Crippen LogP contribution is 2.30. The third-order valence-corrected chi connectivity index (χ3v) is 5.98. The topological polar surface area (TPSA) is 108 Å². The van der Waals surface area contributed by atoms with Gasteiger partial charge in [-0.15, -0.1) is 0 Å². The summed E-state index contributed by atoms with van der Waals surface area (Å²) in [6.07, 6.45) is 4.90. The van der Waals surface area contributed by atoms with Crippen molar-refractivity contribution in [3.8, 4) is 5.75 Å². The SMILES string of the molecule is Cc1cccc(C(=O)Oc2ccc(C=C3C(=N)N4N=C(c5cccnc5)SC4=NC3=O)cc2)c1. The molecule has 0 aliphatic carbocycles. The summed E-state index contributed by atoms with van der Waals surface area (Å²) in [5, 5.41) is 15.2. The molecule has 1 N–H and O–H groups in total. The first-order valence-corrected chi connectivity index (χ1v) is 11.1. The Balaban J connectivity index is 1.34. The normalized spacial score (nSPS) is 16.3. The van der Waals surface area contributed by atoms with Crippen molar-refractivity contribution in [3.05, 3.63) is 101 Å². The van der Waals surface area contributed by atoms with E-state index in [0.717, 1.165) is 11.1 Å². The van der Waals surface area contributed by atoms with E-state index < -0.39 is 11.9 Å². The lowest BCUT2D eigenvalue weighted by atomic mass is 10.1. The third-order valence-electron chi connectivity index (χ3n) is 5.02. The highest BCUT2D eigenvalue weighted by Gasteiger charge is 2.36. The van der Waals surface area contributed by atoms with Crippen LogP contribution in [0, 0.1) is 12.3 Å². The molecular formula is C25H17N5O3S. The Hall–Kier alpha value is -4.37. The molecule has 0 radical (unpaired) electrons. The zero-order valence-corrected chi connectivity index (χ0v) is 18.7. The van der Waals surface area contributed by atoms with Gasteiger partial charge in [-0.25, -0.2) is 4.79 Å². The first-order valence-electron chi connectivity index (χ1n) is 10.3. The molecule has 1 aromatic heterocycles. The van der Waals surface area contributed by atoms with Crippen molar-refractivity contribution in [1.29, 1.82) is 5.41 Å². The lowest BCUT2D eigenvalue weighted by Gasteiger charge is -2.20. The highest BCUT2D eigenvalue weighted by atomic mass is 32.2. The molecule has 1 amide bonds. The Morgan fingerprint density at radius 2 is 1.94 bits per heavy atom. The standard InChI is InChI=1S/C25H17N5O3S/c1-15-4-2-5-17(12-15)24(32)33-19-9-7-16(8-10-19)13-20-21(26)30-25(28-22(20)31)34-23(29-30)18-6-3-11-27-14-18/h2-14,26H,1H3. The summed E-state index contributed by atoms with van der Waals surface area (Å²) in [6, 6.07) is 17.5. The molecule has 34 heavy (non-hydrogen) atoms. The van der Waals surface area contributed by atoms with Crippen LogP contribution in [-0.4, -0.2) is 37.9 Å². The molecule has 0 spiro atoms. The van der Waals surface area contributed by atoms with E-state index in [1.54, 1.807) is 67.0 Å². The number of aromatic nitrogens is 1. The molecule has 0 saturated carbocycles. The first kappa shape index (κ1) is 21.5. The van der Waals surface area contributed by atoms with Crippen molar-refractivity contribution >= 4 is 45.8 Å². The van der Waals surface area contributed by atoms with Crippen LogP contribution >= 0.6 is 11.8 Å². The summed E-state index contributed by atoms with van der Waals surface area (Å²) < 4.78 is 5.43. The van der Waals surface area contributed by atoms with Gasteiger partial charge in [-0.05, 0) is 66.7 Å². The summed E-state index contributed by atoms with van der Waals surface area (Å²) in [6.45, 7) is 1.90. The van der Waals surface area contributed by atoms with Crippen LogP contribution in [0.3, 0.4) is 0 Å². The molecule has 9 heteroatoms. The molecular weight excluding hydrogens is 450 g/mol. The number of thioether (sulfide) groups is 1. The fourth-order valence-corrected chi connectivity index (χ4v) is 4.22. The van der Waals surface area contributed by atoms with Crippen LogP contribution in [0.2, 0.25) is 0 Å². The van der Waals surface area contributed by atoms with Gasteiger partial charge in [-0.2, -0.15) is 15.1 Å². The van der Waals surface area contributed by atoms with E-state index in [4.69, 9.17) is 10.1 Å². The van der Waals surface area contributed by atoms with Crippen LogP contribution in [0.5, 0.6) is 5.75 Å². The zero-order valence-electron chi connectivity index (χ0n) is 17.9. The summed E-state index contributed by atoms with van der Waals surface area (Å²) in [5.41, 5.74) is 2.99. The van der Waals surface area contributed by atoms with E-state index in [-0.39, 0.29) is 11.4 Å². The van der Waals surface area contributed by atoms with Gasteiger partial charge in [-0.3, -0.25) is 15.2 Å². The molecule has 8 nitrogen and oxygen atoms in total. The Labute approximate surface area is 199 Å². The predicted molar refractivity (Wildman–Crippen MR) is 131 cm³/mol. The number of carbonyl (C=O) groups is 2. The molecule has 2 aromatic carbocycles. The number of aryl methyl sites for hydroxylation is 1. The second-order valence-electron chi connectivity index (χ2n) is 7.49. The number of fused-ring (bicyclic) bond motifs is 1. The molecule has 2 aliphatic rings. The number of ether oxygens (including phenoxy) is 1. The number of pyridine rings is 1. The molecule has 2 aliphatic heterocycles. The van der Waals surface area contributed by atoms with E-state index in [2.05, 4.69) is 15.1 Å². The Morgan fingerprint density at radius 1 is 1.12 bits per heavy atom. The summed E-state index contributed by atoms with van der Waals surface area (Å²) in [7, 11) is 0. The van der Waals surface area contributed by atoms with Crippen LogP contribution in [0.25, 0.3) is 6.08 Å². The summed E-state index contributed by atoms with van der Waals surface area (Å²) in [5.74, 6) is -0.645. The van der Waals surface area contributed by atoms with Gasteiger partial charge in [-0.1, -0.05) is 29.8 Å². The molecule has 5 rings (SSSR count). The predicted octanol–water partition coefficient (Wildman–Crippen LogP) is 4.28. The number of aliphatic imine (C=N–C) groups is 1. The number of hydrogen-bond donors (Lipinski definition) is 1. The van der Waals surface area contributed by atoms with Crippen LogP contribution in [-0.2, 0) is 4.79 Å². The van der Waals surface area contributed by atoms with Crippen LogP contribution in [0.1, 0.15) is 27.0 Å². The van der Waals surface area contributed by atoms with Gasteiger partial charge in [0.25, 0.3) is 5.91 Å². The van der Waals surface area contributed by atoms with Gasteiger partial charge >= 0.3 is 5.97 Å². The van der Waals surface area contributed by atoms with Crippen LogP contribution in [0.15, 0.2) is 88.7 Å². The third kappa shape index (κ3) is 4.28. The van der Waals surface area contributed by atoms with Crippen molar-refractivity contribution < 1.29 is 14.3 Å². The lowest BCUT2D eigenvalue weighted by molar-refractivity contribution is -0.114. The number of amides is 1. The Bertz CT molecular complexity index is 1410. The van der Waals surface area contributed by atoms with Crippen LogP contribution < -0.4 is 4.74 Å². The Kier molecular flexibility index (Phi) is 5.60. The van der Waals surface area contributed by atoms with Crippen molar-refractivity contribution in [2.45, 2.75) is 6.92 Å². The van der Waals surface area contributed by atoms with E-state index >= 15 is 0 Å². The summed E-state index contributed by atoms with van der Waals surface area (Å²) >= 11 is 1.22. The van der Waals surface area contributed by atoms with Crippen molar-refractivity contribution in [2.24, 2.45) is 10.1 Å². The number of hydrazone groups is 1. The number of rotatable bonds is 4. The van der Waals surface area contributed by atoms with E-state index in [1.165, 1.54) is 16.8 Å². The minimum Gasteiger partial charge on any atom is -0.423 e. The van der Waals surface area contributed by atoms with Crippen molar-refractivity contribution in [1.82, 2.24) is 9.99 Å². The summed E-state index contributed by atoms with van der Waals surface area (Å²) in [4.78, 5) is 33.1. The maximum Gasteiger partial charge on any atom is 0.343 e. The lowest BCUT2D eigenvalue weighted by Crippen LogP contribution is -2.35. The van der Waals surface area contributed by atoms with E-state index in [0.29, 0.717) is 27.1 Å². The number of esters is 1. The van der Waals surface area contributed by atoms with Gasteiger partial charge in [0.2, 0.25) is 5.17 Å². The quantitative estimate of drug-likeness (QED) is 0.349. The number of nitrogens with zero attached hydrogens (tertiary/aromatic N) is 4. The monoisotopic (exact) mass is 467 g/mol. The molecule has 3 heterocycles. The van der Waals surface area contributed by atoms with E-state index in [9.17, 15) is 9.59 Å². The minimum atomic E-state index is -0.513. The largest absolute Gasteiger partial charge is 0.423 e. The number of nitrogens with one attached hydrogen (secondary N) is 1. The van der Waals surface area contributed by atoms with Gasteiger partial charge in [0.1, 0.15) is 10.8 Å². The fraction of sp³-hybridized carbons (Fsp3) is 0.0400. The molecule has 0 atom stereocenters. The van der Waals surface area contributed by atoms with Gasteiger partial charge < -0.3 is 4.74 Å². The van der Waals surface area contributed by atoms with E-state index in [1.807, 2.05) is 19.1 Å². The molecule has 0 unspecified atom stereocenters. The number of carbonyl (C=O) groups excluding carboxylic acids is 2. The maximum atomic E-state index is 12.6. The zero-order chi connectivity index (χ0) is 23.7. The molecule has 0 saturated heterocycles. The van der Waals surface area contributed by atoms with Gasteiger partial charge in [0, 0.05) is 18.0 Å². The number of benzene rings is 2.